The summed E-state index contributed by atoms with van der Waals surface area (Å²) in [5, 5.41) is 2.63. The van der Waals surface area contributed by atoms with E-state index in [0.717, 1.165) is 5.56 Å². The molecule has 1 rings (SSSR count). The smallest absolute Gasteiger partial charge is 0.217 e. The van der Waals surface area contributed by atoms with Gasteiger partial charge in [-0.25, -0.2) is 0 Å². The number of hydrogen-bond donors (Lipinski definition) is 1. The fourth-order valence-electron chi connectivity index (χ4n) is 1.28. The van der Waals surface area contributed by atoms with Gasteiger partial charge in [0, 0.05) is 35.9 Å². The van der Waals surface area contributed by atoms with Gasteiger partial charge in [0.25, 0.3) is 0 Å². The van der Waals surface area contributed by atoms with Crippen LogP contribution in [-0.4, -0.2) is 15.7 Å². The Hall–Kier alpha value is -0.910. The van der Waals surface area contributed by atoms with Gasteiger partial charge in [-0.05, 0) is 5.56 Å². The van der Waals surface area contributed by atoms with Crippen LogP contribution >= 0.6 is 22.6 Å². The summed E-state index contributed by atoms with van der Waals surface area (Å²) in [6.07, 6.45) is 0.544. The standard InChI is InChI=1S/C11H12INO2/c1-8(14)13-10(11(12)15)7-9-5-3-2-4-6-9/h2-6,10H,7H2,1H3,(H,13,14)/t10-/m0/s1. The summed E-state index contributed by atoms with van der Waals surface area (Å²) in [6, 6.07) is 9.20. The first-order chi connectivity index (χ1) is 7.09. The molecule has 0 unspecified atom stereocenters. The Labute approximate surface area is 102 Å². The molecular weight excluding hydrogens is 305 g/mol. The Morgan fingerprint density at radius 3 is 2.40 bits per heavy atom. The molecule has 15 heavy (non-hydrogen) atoms. The minimum absolute atomic E-state index is 0.0494. The molecule has 0 aliphatic heterocycles. The molecule has 0 heterocycles. The summed E-state index contributed by atoms with van der Waals surface area (Å²) in [6.45, 7) is 1.41. The summed E-state index contributed by atoms with van der Waals surface area (Å²) in [5.41, 5.74) is 1.04. The average molecular weight is 317 g/mol. The zero-order valence-corrected chi connectivity index (χ0v) is 10.5. The maximum absolute atomic E-state index is 11.3. The van der Waals surface area contributed by atoms with E-state index < -0.39 is 6.04 Å². The normalized spacial score (nSPS) is 11.9. The average Bonchev–Trinajstić information content (AvgIpc) is 2.17. The molecule has 0 saturated carbocycles. The lowest BCUT2D eigenvalue weighted by atomic mass is 10.1. The summed E-state index contributed by atoms with van der Waals surface area (Å²) >= 11 is 1.71. The molecule has 0 bridgehead atoms. The lowest BCUT2D eigenvalue weighted by Gasteiger charge is -2.13. The van der Waals surface area contributed by atoms with Crippen LogP contribution in [0.2, 0.25) is 0 Å². The van der Waals surface area contributed by atoms with E-state index in [9.17, 15) is 9.59 Å². The third-order valence-electron chi connectivity index (χ3n) is 1.93. The number of amides is 1. The Morgan fingerprint density at radius 1 is 1.33 bits per heavy atom. The Bertz CT molecular complexity index is 351. The Morgan fingerprint density at radius 2 is 1.93 bits per heavy atom. The SMILES string of the molecule is CC(=O)N[C@@H](Cc1ccccc1)C(=O)I. The zero-order valence-electron chi connectivity index (χ0n) is 8.37. The first kappa shape index (κ1) is 12.2. The van der Waals surface area contributed by atoms with E-state index in [1.165, 1.54) is 6.92 Å². The van der Waals surface area contributed by atoms with Crippen LogP contribution in [0.25, 0.3) is 0 Å². The third-order valence-corrected chi connectivity index (χ3v) is 2.69. The summed E-state index contributed by atoms with van der Waals surface area (Å²) in [4.78, 5) is 22.1. The topological polar surface area (TPSA) is 46.2 Å². The molecule has 1 amide bonds. The van der Waals surface area contributed by atoms with Crippen molar-refractivity contribution in [2.75, 3.05) is 0 Å². The number of carbonyl (C=O) groups excluding carboxylic acids is 2. The van der Waals surface area contributed by atoms with Gasteiger partial charge in [0.05, 0.1) is 0 Å². The van der Waals surface area contributed by atoms with E-state index in [1.54, 1.807) is 22.6 Å². The van der Waals surface area contributed by atoms with E-state index in [0.29, 0.717) is 6.42 Å². The van der Waals surface area contributed by atoms with Crippen molar-refractivity contribution in [1.82, 2.24) is 5.32 Å². The van der Waals surface area contributed by atoms with Crippen LogP contribution < -0.4 is 5.32 Å². The molecule has 1 aromatic carbocycles. The first-order valence-corrected chi connectivity index (χ1v) is 5.68. The molecule has 1 atom stereocenters. The molecular formula is C11H12INO2. The van der Waals surface area contributed by atoms with E-state index in [1.807, 2.05) is 30.3 Å². The molecule has 3 nitrogen and oxygen atoms in total. The minimum atomic E-state index is -0.425. The Balaban J connectivity index is 2.67. The van der Waals surface area contributed by atoms with Crippen molar-refractivity contribution < 1.29 is 9.59 Å². The van der Waals surface area contributed by atoms with Gasteiger partial charge in [-0.15, -0.1) is 0 Å². The third kappa shape index (κ3) is 4.42. The molecule has 0 radical (unpaired) electrons. The minimum Gasteiger partial charge on any atom is -0.345 e. The highest BCUT2D eigenvalue weighted by Gasteiger charge is 2.16. The highest BCUT2D eigenvalue weighted by molar-refractivity contribution is 14.1. The van der Waals surface area contributed by atoms with Gasteiger partial charge in [0.2, 0.25) is 9.70 Å². The lowest BCUT2D eigenvalue weighted by Crippen LogP contribution is -2.38. The second-order valence-electron chi connectivity index (χ2n) is 3.25. The number of halogens is 1. The van der Waals surface area contributed by atoms with Crippen molar-refractivity contribution in [2.24, 2.45) is 0 Å². The molecule has 1 aromatic rings. The number of nitrogens with one attached hydrogen (secondary N) is 1. The quantitative estimate of drug-likeness (QED) is 0.679. The largest absolute Gasteiger partial charge is 0.345 e. The molecule has 4 heteroatoms. The second-order valence-corrected chi connectivity index (χ2v) is 4.31. The van der Waals surface area contributed by atoms with E-state index in [2.05, 4.69) is 5.32 Å². The van der Waals surface area contributed by atoms with Crippen molar-refractivity contribution in [2.45, 2.75) is 19.4 Å². The van der Waals surface area contributed by atoms with Crippen molar-refractivity contribution in [3.8, 4) is 0 Å². The number of benzene rings is 1. The molecule has 0 aliphatic rings. The van der Waals surface area contributed by atoms with E-state index in [4.69, 9.17) is 0 Å². The fourth-order valence-corrected chi connectivity index (χ4v) is 1.66. The highest BCUT2D eigenvalue weighted by Crippen LogP contribution is 2.06. The maximum atomic E-state index is 11.3. The molecule has 80 valence electrons. The number of rotatable bonds is 4. The Kier molecular flexibility index (Phi) is 4.74. The lowest BCUT2D eigenvalue weighted by molar-refractivity contribution is -0.122. The van der Waals surface area contributed by atoms with E-state index >= 15 is 0 Å². The van der Waals surface area contributed by atoms with Gasteiger partial charge >= 0.3 is 0 Å². The molecule has 0 spiro atoms. The summed E-state index contributed by atoms with van der Waals surface area (Å²) in [5.74, 6) is -0.180. The number of carbonyl (C=O) groups is 2. The predicted octanol–water partition coefficient (Wildman–Crippen LogP) is 1.70. The molecule has 0 aromatic heterocycles. The highest BCUT2D eigenvalue weighted by atomic mass is 127. The van der Waals surface area contributed by atoms with Gasteiger partial charge in [-0.3, -0.25) is 9.59 Å². The van der Waals surface area contributed by atoms with Gasteiger partial charge in [-0.1, -0.05) is 30.3 Å². The maximum Gasteiger partial charge on any atom is 0.217 e. The molecule has 0 saturated heterocycles. The zero-order chi connectivity index (χ0) is 11.3. The predicted molar refractivity (Wildman–Crippen MR) is 66.8 cm³/mol. The monoisotopic (exact) mass is 317 g/mol. The fraction of sp³-hybridized carbons (Fsp3) is 0.273. The van der Waals surface area contributed by atoms with Crippen molar-refractivity contribution >= 4 is 32.3 Å². The van der Waals surface area contributed by atoms with Gasteiger partial charge in [-0.2, -0.15) is 0 Å². The summed E-state index contributed by atoms with van der Waals surface area (Å²) < 4.78 is -0.0494. The van der Waals surface area contributed by atoms with Gasteiger partial charge in [0.15, 0.2) is 0 Å². The summed E-state index contributed by atoms with van der Waals surface area (Å²) in [7, 11) is 0. The number of hydrogen-bond acceptors (Lipinski definition) is 2. The van der Waals surface area contributed by atoms with Crippen molar-refractivity contribution in [3.05, 3.63) is 35.9 Å². The van der Waals surface area contributed by atoms with Gasteiger partial charge < -0.3 is 5.32 Å². The van der Waals surface area contributed by atoms with Crippen LogP contribution in [0.5, 0.6) is 0 Å². The van der Waals surface area contributed by atoms with Crippen LogP contribution in [0.4, 0.5) is 0 Å². The first-order valence-electron chi connectivity index (χ1n) is 4.60. The van der Waals surface area contributed by atoms with Crippen LogP contribution in [0.3, 0.4) is 0 Å². The van der Waals surface area contributed by atoms with Gasteiger partial charge in [0.1, 0.15) is 6.04 Å². The van der Waals surface area contributed by atoms with Crippen molar-refractivity contribution in [1.29, 1.82) is 0 Å². The molecule has 0 fully saturated rings. The van der Waals surface area contributed by atoms with Crippen molar-refractivity contribution in [3.63, 3.8) is 0 Å². The molecule has 1 N–H and O–H groups in total. The van der Waals surface area contributed by atoms with Crippen LogP contribution in [-0.2, 0) is 16.0 Å². The van der Waals surface area contributed by atoms with Crippen LogP contribution in [0.15, 0.2) is 30.3 Å². The van der Waals surface area contributed by atoms with E-state index in [-0.39, 0.29) is 9.70 Å². The van der Waals surface area contributed by atoms with Crippen LogP contribution in [0, 0.1) is 0 Å². The second kappa shape index (κ2) is 5.85. The van der Waals surface area contributed by atoms with Crippen LogP contribution in [0.1, 0.15) is 12.5 Å². The molecule has 0 aliphatic carbocycles.